The first-order valence-electron chi connectivity index (χ1n) is 9.38. The molecule has 0 bridgehead atoms. The summed E-state index contributed by atoms with van der Waals surface area (Å²) in [7, 11) is 1.69. The Morgan fingerprint density at radius 3 is 1.64 bits per heavy atom. The van der Waals surface area contributed by atoms with E-state index in [0.29, 0.717) is 11.8 Å². The van der Waals surface area contributed by atoms with Gasteiger partial charge in [-0.05, 0) is 67.7 Å². The smallest absolute Gasteiger partial charge is 0.118 e. The molecule has 0 aliphatic heterocycles. The standard InChI is InChI=1S/C23H32O2/c1-17-5-9-20(10-6-17)18(2)7-13-22(24)14-8-19(3)21-11-15-23(25-4)16-12-21/h5-6,9-12,15-16,18-19,22,24H,7-8,13-14H2,1-4H3/t18-,19-,22?/m1/s1. The third-order valence-corrected chi connectivity index (χ3v) is 5.20. The Kier molecular flexibility index (Phi) is 7.52. The minimum Gasteiger partial charge on any atom is -0.497 e. The zero-order valence-electron chi connectivity index (χ0n) is 16.0. The Bertz CT molecular complexity index is 616. The number of hydrogen-bond donors (Lipinski definition) is 1. The molecule has 0 aromatic heterocycles. The lowest BCUT2D eigenvalue weighted by Crippen LogP contribution is -2.10. The van der Waals surface area contributed by atoms with Gasteiger partial charge in [0, 0.05) is 0 Å². The van der Waals surface area contributed by atoms with Gasteiger partial charge in [-0.15, -0.1) is 0 Å². The molecule has 2 aromatic carbocycles. The lowest BCUT2D eigenvalue weighted by atomic mass is 9.91. The van der Waals surface area contributed by atoms with Crippen LogP contribution in [0.3, 0.4) is 0 Å². The Morgan fingerprint density at radius 2 is 1.20 bits per heavy atom. The van der Waals surface area contributed by atoms with Crippen LogP contribution in [0.4, 0.5) is 0 Å². The first kappa shape index (κ1) is 19.5. The number of methoxy groups -OCH3 is 1. The van der Waals surface area contributed by atoms with Crippen LogP contribution >= 0.6 is 0 Å². The minimum atomic E-state index is -0.214. The number of aryl methyl sites for hydroxylation is 1. The van der Waals surface area contributed by atoms with Gasteiger partial charge in [0.05, 0.1) is 13.2 Å². The highest BCUT2D eigenvalue weighted by molar-refractivity contribution is 5.29. The largest absolute Gasteiger partial charge is 0.497 e. The van der Waals surface area contributed by atoms with Crippen LogP contribution in [0.15, 0.2) is 48.5 Å². The molecule has 1 unspecified atom stereocenters. The molecule has 1 N–H and O–H groups in total. The zero-order chi connectivity index (χ0) is 18.2. The first-order chi connectivity index (χ1) is 12.0. The molecular weight excluding hydrogens is 308 g/mol. The first-order valence-corrected chi connectivity index (χ1v) is 9.38. The van der Waals surface area contributed by atoms with E-state index in [1.165, 1.54) is 16.7 Å². The highest BCUT2D eigenvalue weighted by Crippen LogP contribution is 2.26. The van der Waals surface area contributed by atoms with Gasteiger partial charge in [0.2, 0.25) is 0 Å². The summed E-state index contributed by atoms with van der Waals surface area (Å²) in [6, 6.07) is 17.0. The summed E-state index contributed by atoms with van der Waals surface area (Å²) >= 11 is 0. The van der Waals surface area contributed by atoms with Gasteiger partial charge in [0.1, 0.15) is 5.75 Å². The third-order valence-electron chi connectivity index (χ3n) is 5.20. The number of aliphatic hydroxyl groups excluding tert-OH is 1. The average Bonchev–Trinajstić information content (AvgIpc) is 2.64. The fourth-order valence-electron chi connectivity index (χ4n) is 3.19. The van der Waals surface area contributed by atoms with Crippen LogP contribution in [0.1, 0.15) is 68.1 Å². The van der Waals surface area contributed by atoms with Crippen LogP contribution < -0.4 is 4.74 Å². The highest BCUT2D eigenvalue weighted by atomic mass is 16.5. The van der Waals surface area contributed by atoms with Crippen LogP contribution in [-0.2, 0) is 0 Å². The van der Waals surface area contributed by atoms with Gasteiger partial charge >= 0.3 is 0 Å². The van der Waals surface area contributed by atoms with Gasteiger partial charge < -0.3 is 9.84 Å². The summed E-state index contributed by atoms with van der Waals surface area (Å²) in [5, 5.41) is 10.3. The summed E-state index contributed by atoms with van der Waals surface area (Å²) in [5.74, 6) is 1.84. The molecule has 2 rings (SSSR count). The number of aliphatic hydroxyl groups is 1. The SMILES string of the molecule is COc1ccc([C@H](C)CCC(O)CC[C@@H](C)c2ccc(C)cc2)cc1. The van der Waals surface area contributed by atoms with E-state index in [1.807, 2.05) is 12.1 Å². The molecule has 0 heterocycles. The molecule has 0 aliphatic carbocycles. The number of benzene rings is 2. The second-order valence-corrected chi connectivity index (χ2v) is 7.29. The van der Waals surface area contributed by atoms with Crippen molar-refractivity contribution in [3.63, 3.8) is 0 Å². The molecule has 136 valence electrons. The zero-order valence-corrected chi connectivity index (χ0v) is 16.0. The van der Waals surface area contributed by atoms with Gasteiger partial charge in [-0.1, -0.05) is 55.8 Å². The highest BCUT2D eigenvalue weighted by Gasteiger charge is 2.12. The van der Waals surface area contributed by atoms with Crippen molar-refractivity contribution in [2.75, 3.05) is 7.11 Å². The second-order valence-electron chi connectivity index (χ2n) is 7.29. The molecule has 0 saturated heterocycles. The van der Waals surface area contributed by atoms with E-state index < -0.39 is 0 Å². The molecule has 0 radical (unpaired) electrons. The molecular formula is C23H32O2. The van der Waals surface area contributed by atoms with E-state index in [0.717, 1.165) is 31.4 Å². The topological polar surface area (TPSA) is 29.5 Å². The van der Waals surface area contributed by atoms with E-state index in [2.05, 4.69) is 57.2 Å². The van der Waals surface area contributed by atoms with E-state index in [1.54, 1.807) is 7.11 Å². The Morgan fingerprint density at radius 1 is 0.760 bits per heavy atom. The predicted molar refractivity (Wildman–Crippen MR) is 105 cm³/mol. The fraction of sp³-hybridized carbons (Fsp3) is 0.478. The van der Waals surface area contributed by atoms with Gasteiger partial charge in [-0.3, -0.25) is 0 Å². The maximum Gasteiger partial charge on any atom is 0.118 e. The van der Waals surface area contributed by atoms with E-state index in [9.17, 15) is 5.11 Å². The summed E-state index contributed by atoms with van der Waals surface area (Å²) in [6.07, 6.45) is 3.54. The maximum atomic E-state index is 10.3. The van der Waals surface area contributed by atoms with Crippen molar-refractivity contribution in [3.8, 4) is 5.75 Å². The van der Waals surface area contributed by atoms with Gasteiger partial charge in [-0.2, -0.15) is 0 Å². The molecule has 25 heavy (non-hydrogen) atoms. The van der Waals surface area contributed by atoms with Crippen molar-refractivity contribution >= 4 is 0 Å². The summed E-state index contributed by atoms with van der Waals surface area (Å²) < 4.78 is 5.20. The monoisotopic (exact) mass is 340 g/mol. The Hall–Kier alpha value is -1.80. The second kappa shape index (κ2) is 9.62. The lowest BCUT2D eigenvalue weighted by Gasteiger charge is -2.18. The average molecular weight is 341 g/mol. The quantitative estimate of drug-likeness (QED) is 0.622. The summed E-state index contributed by atoms with van der Waals surface area (Å²) in [6.45, 7) is 6.59. The molecule has 2 nitrogen and oxygen atoms in total. The van der Waals surface area contributed by atoms with Crippen LogP contribution in [0.2, 0.25) is 0 Å². The minimum absolute atomic E-state index is 0.214. The molecule has 2 aromatic rings. The summed E-state index contributed by atoms with van der Waals surface area (Å²) in [4.78, 5) is 0. The number of ether oxygens (including phenoxy) is 1. The van der Waals surface area contributed by atoms with Crippen molar-refractivity contribution in [2.45, 2.75) is 64.4 Å². The van der Waals surface area contributed by atoms with Gasteiger partial charge in [0.15, 0.2) is 0 Å². The molecule has 0 fully saturated rings. The predicted octanol–water partition coefficient (Wildman–Crippen LogP) is 5.83. The van der Waals surface area contributed by atoms with Gasteiger partial charge in [0.25, 0.3) is 0 Å². The summed E-state index contributed by atoms with van der Waals surface area (Å²) in [5.41, 5.74) is 3.97. The normalized spacial score (nSPS) is 14.8. The van der Waals surface area contributed by atoms with E-state index >= 15 is 0 Å². The van der Waals surface area contributed by atoms with Crippen LogP contribution in [-0.4, -0.2) is 18.3 Å². The van der Waals surface area contributed by atoms with Crippen molar-refractivity contribution in [1.29, 1.82) is 0 Å². The van der Waals surface area contributed by atoms with Gasteiger partial charge in [-0.25, -0.2) is 0 Å². The van der Waals surface area contributed by atoms with Crippen molar-refractivity contribution < 1.29 is 9.84 Å². The molecule has 0 saturated carbocycles. The molecule has 0 aliphatic rings. The molecule has 2 heteroatoms. The Labute approximate surface area is 152 Å². The van der Waals surface area contributed by atoms with Crippen LogP contribution in [0, 0.1) is 6.92 Å². The van der Waals surface area contributed by atoms with Crippen molar-refractivity contribution in [1.82, 2.24) is 0 Å². The van der Waals surface area contributed by atoms with Crippen LogP contribution in [0.5, 0.6) is 5.75 Å². The van der Waals surface area contributed by atoms with Crippen LogP contribution in [0.25, 0.3) is 0 Å². The van der Waals surface area contributed by atoms with Crippen molar-refractivity contribution in [3.05, 3.63) is 65.2 Å². The Balaban J connectivity index is 1.73. The molecule has 3 atom stereocenters. The molecule has 0 spiro atoms. The third kappa shape index (κ3) is 6.21. The van der Waals surface area contributed by atoms with E-state index in [-0.39, 0.29) is 6.10 Å². The van der Waals surface area contributed by atoms with E-state index in [4.69, 9.17) is 4.74 Å². The molecule has 0 amide bonds. The van der Waals surface area contributed by atoms with Crippen molar-refractivity contribution in [2.24, 2.45) is 0 Å². The fourth-order valence-corrected chi connectivity index (χ4v) is 3.19. The number of hydrogen-bond acceptors (Lipinski definition) is 2. The maximum absolute atomic E-state index is 10.3. The lowest BCUT2D eigenvalue weighted by molar-refractivity contribution is 0.145. The number of rotatable bonds is 9.